The maximum atomic E-state index is 10.6. The Kier molecular flexibility index (Phi) is 7.12. The van der Waals surface area contributed by atoms with Crippen LogP contribution >= 0.6 is 0 Å². The van der Waals surface area contributed by atoms with E-state index in [0.29, 0.717) is 5.76 Å². The first-order valence-electron chi connectivity index (χ1n) is 9.05. The molecule has 1 atom stereocenters. The van der Waals surface area contributed by atoms with Gasteiger partial charge < -0.3 is 25.1 Å². The zero-order valence-electron chi connectivity index (χ0n) is 15.3. The monoisotopic (exact) mass is 336 g/mol. The van der Waals surface area contributed by atoms with E-state index in [-0.39, 0.29) is 6.54 Å². The van der Waals surface area contributed by atoms with Gasteiger partial charge in [0.25, 0.3) is 0 Å². The third-order valence-corrected chi connectivity index (χ3v) is 4.33. The van der Waals surface area contributed by atoms with Gasteiger partial charge in [0, 0.05) is 19.6 Å². The first-order chi connectivity index (χ1) is 11.5. The highest BCUT2D eigenvalue weighted by Gasteiger charge is 2.26. The van der Waals surface area contributed by atoms with Crippen molar-refractivity contribution in [3.63, 3.8) is 0 Å². The molecule has 0 amide bonds. The molecule has 2 heterocycles. The highest BCUT2D eigenvalue weighted by atomic mass is 16.4. The molecule has 1 saturated heterocycles. The fraction of sp³-hybridized carbons (Fsp3) is 0.722. The third kappa shape index (κ3) is 5.83. The van der Waals surface area contributed by atoms with Crippen LogP contribution < -0.4 is 10.6 Å². The minimum absolute atomic E-state index is 0.249. The first kappa shape index (κ1) is 18.8. The van der Waals surface area contributed by atoms with Crippen LogP contribution in [0.4, 0.5) is 0 Å². The Morgan fingerprint density at radius 1 is 1.29 bits per heavy atom. The van der Waals surface area contributed by atoms with Crippen molar-refractivity contribution in [2.75, 3.05) is 39.3 Å². The summed E-state index contributed by atoms with van der Waals surface area (Å²) in [6, 6.07) is 3.66. The second kappa shape index (κ2) is 9.08. The average Bonchev–Trinajstić information content (AvgIpc) is 3.01. The summed E-state index contributed by atoms with van der Waals surface area (Å²) < 4.78 is 5.53. The number of hydrogen-bond donors (Lipinski definition) is 3. The van der Waals surface area contributed by atoms with E-state index in [1.807, 2.05) is 26.0 Å². The Bertz CT molecular complexity index is 519. The zero-order valence-corrected chi connectivity index (χ0v) is 15.3. The Labute approximate surface area is 145 Å². The lowest BCUT2D eigenvalue weighted by Gasteiger charge is -2.26. The number of piperidine rings is 1. The van der Waals surface area contributed by atoms with Gasteiger partial charge >= 0.3 is 0 Å². The van der Waals surface area contributed by atoms with Crippen molar-refractivity contribution < 1.29 is 9.52 Å². The van der Waals surface area contributed by atoms with Crippen LogP contribution in [-0.4, -0.2) is 55.2 Å². The molecule has 0 aromatic carbocycles. The topological polar surface area (TPSA) is 73.0 Å². The van der Waals surface area contributed by atoms with Crippen LogP contribution in [0.3, 0.4) is 0 Å². The Balaban J connectivity index is 1.84. The van der Waals surface area contributed by atoms with E-state index in [1.165, 1.54) is 32.4 Å². The van der Waals surface area contributed by atoms with E-state index in [9.17, 15) is 5.11 Å². The highest BCUT2D eigenvalue weighted by molar-refractivity contribution is 5.79. The summed E-state index contributed by atoms with van der Waals surface area (Å²) in [6.07, 6.45) is 3.97. The molecule has 6 heteroatoms. The van der Waals surface area contributed by atoms with Crippen molar-refractivity contribution in [3.05, 3.63) is 23.7 Å². The molecule has 1 fully saturated rings. The highest BCUT2D eigenvalue weighted by Crippen LogP contribution is 2.22. The van der Waals surface area contributed by atoms with Gasteiger partial charge in [0.2, 0.25) is 0 Å². The molecule has 24 heavy (non-hydrogen) atoms. The Morgan fingerprint density at radius 2 is 2.04 bits per heavy atom. The molecule has 1 aliphatic heterocycles. The number of nitrogens with zero attached hydrogens (tertiary/aromatic N) is 2. The number of aliphatic hydroxyl groups is 1. The number of nitrogens with one attached hydrogen (secondary N) is 2. The van der Waals surface area contributed by atoms with Gasteiger partial charge in [0.15, 0.2) is 5.96 Å². The van der Waals surface area contributed by atoms with Gasteiger partial charge in [-0.2, -0.15) is 0 Å². The molecule has 3 N–H and O–H groups in total. The van der Waals surface area contributed by atoms with Crippen molar-refractivity contribution in [1.82, 2.24) is 15.5 Å². The van der Waals surface area contributed by atoms with Gasteiger partial charge in [-0.25, -0.2) is 4.99 Å². The SMILES string of the molecule is CCNC(=NCC(C)(O)c1ccc(C)o1)NCCN1CCCCC1. The van der Waals surface area contributed by atoms with Crippen molar-refractivity contribution in [2.24, 2.45) is 4.99 Å². The molecule has 0 radical (unpaired) electrons. The smallest absolute Gasteiger partial charge is 0.191 e. The number of aryl methyl sites for hydroxylation is 1. The van der Waals surface area contributed by atoms with E-state index in [2.05, 4.69) is 20.5 Å². The number of hydrogen-bond acceptors (Lipinski definition) is 4. The van der Waals surface area contributed by atoms with Crippen LogP contribution in [0.2, 0.25) is 0 Å². The molecule has 1 aromatic rings. The Morgan fingerprint density at radius 3 is 2.67 bits per heavy atom. The minimum atomic E-state index is -1.11. The van der Waals surface area contributed by atoms with Crippen molar-refractivity contribution in [1.29, 1.82) is 0 Å². The van der Waals surface area contributed by atoms with E-state index in [0.717, 1.165) is 31.4 Å². The molecular weight excluding hydrogens is 304 g/mol. The molecule has 0 saturated carbocycles. The number of likely N-dealkylation sites (tertiary alicyclic amines) is 1. The predicted octanol–water partition coefficient (Wildman–Crippen LogP) is 1.84. The fourth-order valence-electron chi connectivity index (χ4n) is 2.89. The van der Waals surface area contributed by atoms with Gasteiger partial charge in [-0.3, -0.25) is 0 Å². The van der Waals surface area contributed by atoms with Gasteiger partial charge in [-0.05, 0) is 58.8 Å². The fourth-order valence-corrected chi connectivity index (χ4v) is 2.89. The maximum absolute atomic E-state index is 10.6. The van der Waals surface area contributed by atoms with Crippen LogP contribution in [0, 0.1) is 6.92 Å². The van der Waals surface area contributed by atoms with Crippen molar-refractivity contribution in [3.8, 4) is 0 Å². The average molecular weight is 336 g/mol. The van der Waals surface area contributed by atoms with Crippen LogP contribution in [0.1, 0.15) is 44.6 Å². The second-order valence-electron chi connectivity index (χ2n) is 6.71. The summed E-state index contributed by atoms with van der Waals surface area (Å²) in [4.78, 5) is 7.01. The van der Waals surface area contributed by atoms with Crippen molar-refractivity contribution >= 4 is 5.96 Å². The molecule has 1 aliphatic rings. The molecule has 0 aliphatic carbocycles. The second-order valence-corrected chi connectivity index (χ2v) is 6.71. The van der Waals surface area contributed by atoms with Gasteiger partial charge in [0.1, 0.15) is 17.1 Å². The maximum Gasteiger partial charge on any atom is 0.191 e. The lowest BCUT2D eigenvalue weighted by Crippen LogP contribution is -2.43. The quantitative estimate of drug-likeness (QED) is 0.523. The number of furan rings is 1. The molecule has 136 valence electrons. The summed E-state index contributed by atoms with van der Waals surface area (Å²) >= 11 is 0. The Hall–Kier alpha value is -1.53. The van der Waals surface area contributed by atoms with E-state index in [1.54, 1.807) is 6.92 Å². The molecule has 2 rings (SSSR count). The van der Waals surface area contributed by atoms with E-state index >= 15 is 0 Å². The molecule has 1 unspecified atom stereocenters. The number of rotatable bonds is 7. The summed E-state index contributed by atoms with van der Waals surface area (Å²) in [5, 5.41) is 17.2. The van der Waals surface area contributed by atoms with E-state index in [4.69, 9.17) is 4.42 Å². The molecule has 0 spiro atoms. The van der Waals surface area contributed by atoms with Crippen molar-refractivity contribution in [2.45, 2.75) is 45.6 Å². The number of guanidine groups is 1. The number of aliphatic imine (C=N–C) groups is 1. The summed E-state index contributed by atoms with van der Waals surface area (Å²) in [6.45, 7) is 10.9. The third-order valence-electron chi connectivity index (χ3n) is 4.33. The molecule has 0 bridgehead atoms. The van der Waals surface area contributed by atoms with Crippen LogP contribution in [0.5, 0.6) is 0 Å². The molecule has 1 aromatic heterocycles. The van der Waals surface area contributed by atoms with Crippen LogP contribution in [-0.2, 0) is 5.60 Å². The standard InChI is InChI=1S/C18H32N4O2/c1-4-19-17(20-10-13-22-11-6-5-7-12-22)21-14-18(3,23)16-9-8-15(2)24-16/h8-9,23H,4-7,10-14H2,1-3H3,(H2,19,20,21). The lowest BCUT2D eigenvalue weighted by molar-refractivity contribution is 0.0428. The normalized spacial score (nSPS) is 19.1. The van der Waals surface area contributed by atoms with Gasteiger partial charge in [-0.15, -0.1) is 0 Å². The summed E-state index contributed by atoms with van der Waals surface area (Å²) in [5.41, 5.74) is -1.11. The van der Waals surface area contributed by atoms with Crippen LogP contribution in [0.25, 0.3) is 0 Å². The molecular formula is C18H32N4O2. The van der Waals surface area contributed by atoms with E-state index < -0.39 is 5.60 Å². The van der Waals surface area contributed by atoms with Crippen LogP contribution in [0.15, 0.2) is 21.5 Å². The zero-order chi connectivity index (χ0) is 17.4. The largest absolute Gasteiger partial charge is 0.463 e. The predicted molar refractivity (Wildman–Crippen MR) is 97.3 cm³/mol. The van der Waals surface area contributed by atoms with Gasteiger partial charge in [-0.1, -0.05) is 6.42 Å². The minimum Gasteiger partial charge on any atom is -0.463 e. The van der Waals surface area contributed by atoms with Gasteiger partial charge in [0.05, 0.1) is 6.54 Å². The summed E-state index contributed by atoms with van der Waals surface area (Å²) in [7, 11) is 0. The lowest BCUT2D eigenvalue weighted by atomic mass is 10.0. The summed E-state index contributed by atoms with van der Waals surface area (Å²) in [5.74, 6) is 2.08. The first-order valence-corrected chi connectivity index (χ1v) is 9.05. The molecule has 6 nitrogen and oxygen atoms in total.